The van der Waals surface area contributed by atoms with E-state index >= 15 is 0 Å². The van der Waals surface area contributed by atoms with Gasteiger partial charge in [-0.2, -0.15) is 0 Å². The standard InChI is InChI=1S/C13H18ClN3O/c1-9-5-3-2-4-6-10(9)15-13(18)11-7-8-12(14)17-16-11/h7-10H,2-6H2,1H3,(H,15,18). The molecular weight excluding hydrogens is 250 g/mol. The van der Waals surface area contributed by atoms with Crippen molar-refractivity contribution in [3.63, 3.8) is 0 Å². The van der Waals surface area contributed by atoms with E-state index in [1.807, 2.05) is 0 Å². The lowest BCUT2D eigenvalue weighted by atomic mass is 9.97. The Morgan fingerprint density at radius 2 is 2.06 bits per heavy atom. The van der Waals surface area contributed by atoms with Gasteiger partial charge in [-0.25, -0.2) is 0 Å². The summed E-state index contributed by atoms with van der Waals surface area (Å²) in [4.78, 5) is 12.0. The molecule has 1 aromatic heterocycles. The van der Waals surface area contributed by atoms with Crippen LogP contribution in [0.2, 0.25) is 5.15 Å². The van der Waals surface area contributed by atoms with Crippen LogP contribution in [0, 0.1) is 5.92 Å². The Labute approximate surface area is 112 Å². The van der Waals surface area contributed by atoms with Crippen LogP contribution in [0.3, 0.4) is 0 Å². The monoisotopic (exact) mass is 267 g/mol. The van der Waals surface area contributed by atoms with Crippen LogP contribution in [0.25, 0.3) is 0 Å². The molecule has 2 atom stereocenters. The average molecular weight is 268 g/mol. The van der Waals surface area contributed by atoms with Crippen LogP contribution in [-0.2, 0) is 0 Å². The highest BCUT2D eigenvalue weighted by molar-refractivity contribution is 6.29. The lowest BCUT2D eigenvalue weighted by Crippen LogP contribution is -2.39. The molecule has 1 saturated carbocycles. The summed E-state index contributed by atoms with van der Waals surface area (Å²) < 4.78 is 0. The summed E-state index contributed by atoms with van der Waals surface area (Å²) in [7, 11) is 0. The Morgan fingerprint density at radius 1 is 1.28 bits per heavy atom. The molecule has 1 aliphatic carbocycles. The number of halogens is 1. The van der Waals surface area contributed by atoms with Crippen molar-refractivity contribution in [1.82, 2.24) is 15.5 Å². The minimum absolute atomic E-state index is 0.155. The van der Waals surface area contributed by atoms with E-state index in [9.17, 15) is 4.79 Å². The van der Waals surface area contributed by atoms with E-state index in [0.717, 1.165) is 6.42 Å². The molecule has 0 saturated heterocycles. The van der Waals surface area contributed by atoms with Crippen molar-refractivity contribution in [2.75, 3.05) is 0 Å². The lowest BCUT2D eigenvalue weighted by Gasteiger charge is -2.22. The summed E-state index contributed by atoms with van der Waals surface area (Å²) in [6, 6.07) is 3.43. The van der Waals surface area contributed by atoms with Crippen LogP contribution in [0.15, 0.2) is 12.1 Å². The number of hydrogen-bond donors (Lipinski definition) is 1. The average Bonchev–Trinajstić information content (AvgIpc) is 2.56. The van der Waals surface area contributed by atoms with E-state index in [2.05, 4.69) is 22.4 Å². The second-order valence-electron chi connectivity index (χ2n) is 4.94. The Balaban J connectivity index is 1.99. The summed E-state index contributed by atoms with van der Waals surface area (Å²) in [5.41, 5.74) is 0.329. The molecule has 0 bridgehead atoms. The van der Waals surface area contributed by atoms with Crippen LogP contribution < -0.4 is 5.32 Å². The van der Waals surface area contributed by atoms with Crippen molar-refractivity contribution in [3.8, 4) is 0 Å². The van der Waals surface area contributed by atoms with E-state index in [-0.39, 0.29) is 11.9 Å². The van der Waals surface area contributed by atoms with Gasteiger partial charge in [-0.1, -0.05) is 37.8 Å². The van der Waals surface area contributed by atoms with Crippen LogP contribution >= 0.6 is 11.6 Å². The van der Waals surface area contributed by atoms with E-state index < -0.39 is 0 Å². The third-order valence-corrected chi connectivity index (χ3v) is 3.74. The molecule has 2 unspecified atom stereocenters. The summed E-state index contributed by atoms with van der Waals surface area (Å²) >= 11 is 5.65. The second-order valence-corrected chi connectivity index (χ2v) is 5.32. The third-order valence-electron chi connectivity index (χ3n) is 3.54. The maximum Gasteiger partial charge on any atom is 0.272 e. The zero-order valence-corrected chi connectivity index (χ0v) is 11.3. The fourth-order valence-electron chi connectivity index (χ4n) is 2.39. The van der Waals surface area contributed by atoms with Gasteiger partial charge >= 0.3 is 0 Å². The smallest absolute Gasteiger partial charge is 0.272 e. The van der Waals surface area contributed by atoms with E-state index in [1.165, 1.54) is 25.7 Å². The summed E-state index contributed by atoms with van der Waals surface area (Å²) in [6.07, 6.45) is 5.93. The highest BCUT2D eigenvalue weighted by Crippen LogP contribution is 2.23. The molecule has 0 radical (unpaired) electrons. The molecule has 1 heterocycles. The molecule has 5 heteroatoms. The lowest BCUT2D eigenvalue weighted by molar-refractivity contribution is 0.0915. The molecule has 0 aliphatic heterocycles. The third kappa shape index (κ3) is 3.42. The zero-order valence-electron chi connectivity index (χ0n) is 10.5. The van der Waals surface area contributed by atoms with Gasteiger partial charge in [0.1, 0.15) is 0 Å². The Kier molecular flexibility index (Phi) is 4.53. The summed E-state index contributed by atoms with van der Waals surface area (Å²) in [6.45, 7) is 2.20. The summed E-state index contributed by atoms with van der Waals surface area (Å²) in [5, 5.41) is 10.8. The Morgan fingerprint density at radius 3 is 2.78 bits per heavy atom. The molecule has 4 nitrogen and oxygen atoms in total. The van der Waals surface area contributed by atoms with Gasteiger partial charge in [0.15, 0.2) is 10.8 Å². The first-order valence-electron chi connectivity index (χ1n) is 6.47. The van der Waals surface area contributed by atoms with Crippen molar-refractivity contribution >= 4 is 17.5 Å². The number of nitrogens with zero attached hydrogens (tertiary/aromatic N) is 2. The largest absolute Gasteiger partial charge is 0.348 e. The Bertz CT molecular complexity index is 407. The molecule has 1 aromatic rings. The first kappa shape index (κ1) is 13.3. The van der Waals surface area contributed by atoms with Crippen molar-refractivity contribution in [2.24, 2.45) is 5.92 Å². The van der Waals surface area contributed by atoms with Crippen LogP contribution in [-0.4, -0.2) is 22.1 Å². The molecule has 0 aromatic carbocycles. The number of nitrogens with one attached hydrogen (secondary N) is 1. The van der Waals surface area contributed by atoms with E-state index in [0.29, 0.717) is 16.8 Å². The SMILES string of the molecule is CC1CCCCCC1NC(=O)c1ccc(Cl)nn1. The number of rotatable bonds is 2. The van der Waals surface area contributed by atoms with Gasteiger partial charge in [0.05, 0.1) is 0 Å². The van der Waals surface area contributed by atoms with Gasteiger partial charge in [-0.3, -0.25) is 4.79 Å². The molecule has 1 amide bonds. The van der Waals surface area contributed by atoms with Crippen molar-refractivity contribution < 1.29 is 4.79 Å². The van der Waals surface area contributed by atoms with Gasteiger partial charge in [-0.05, 0) is 30.9 Å². The van der Waals surface area contributed by atoms with Crippen molar-refractivity contribution in [1.29, 1.82) is 0 Å². The van der Waals surface area contributed by atoms with Crippen LogP contribution in [0.1, 0.15) is 49.5 Å². The quantitative estimate of drug-likeness (QED) is 0.839. The number of aromatic nitrogens is 2. The van der Waals surface area contributed by atoms with Gasteiger partial charge in [-0.15, -0.1) is 10.2 Å². The fourth-order valence-corrected chi connectivity index (χ4v) is 2.49. The first-order valence-corrected chi connectivity index (χ1v) is 6.84. The van der Waals surface area contributed by atoms with Crippen molar-refractivity contribution in [3.05, 3.63) is 23.0 Å². The maximum absolute atomic E-state index is 12.0. The fraction of sp³-hybridized carbons (Fsp3) is 0.615. The topological polar surface area (TPSA) is 54.9 Å². The molecule has 2 rings (SSSR count). The molecule has 1 fully saturated rings. The van der Waals surface area contributed by atoms with Crippen molar-refractivity contribution in [2.45, 2.75) is 45.1 Å². The van der Waals surface area contributed by atoms with E-state index in [1.54, 1.807) is 12.1 Å². The minimum Gasteiger partial charge on any atom is -0.348 e. The zero-order chi connectivity index (χ0) is 13.0. The number of hydrogen-bond acceptors (Lipinski definition) is 3. The van der Waals surface area contributed by atoms with E-state index in [4.69, 9.17) is 11.6 Å². The molecule has 98 valence electrons. The Hall–Kier alpha value is -1.16. The molecular formula is C13H18ClN3O. The molecule has 0 spiro atoms. The number of carbonyl (C=O) groups excluding carboxylic acids is 1. The molecule has 1 aliphatic rings. The molecule has 18 heavy (non-hydrogen) atoms. The molecule has 1 N–H and O–H groups in total. The first-order chi connectivity index (χ1) is 8.66. The predicted molar refractivity (Wildman–Crippen MR) is 70.5 cm³/mol. The normalized spacial score (nSPS) is 24.3. The number of carbonyl (C=O) groups is 1. The highest BCUT2D eigenvalue weighted by atomic mass is 35.5. The predicted octanol–water partition coefficient (Wildman–Crippen LogP) is 2.83. The van der Waals surface area contributed by atoms with Crippen LogP contribution in [0.4, 0.5) is 0 Å². The van der Waals surface area contributed by atoms with Gasteiger partial charge in [0.2, 0.25) is 0 Å². The van der Waals surface area contributed by atoms with Gasteiger partial charge in [0, 0.05) is 6.04 Å². The minimum atomic E-state index is -0.155. The highest BCUT2D eigenvalue weighted by Gasteiger charge is 2.22. The second kappa shape index (κ2) is 6.14. The van der Waals surface area contributed by atoms with Gasteiger partial charge < -0.3 is 5.32 Å². The maximum atomic E-state index is 12.0. The van der Waals surface area contributed by atoms with Crippen LogP contribution in [0.5, 0.6) is 0 Å². The van der Waals surface area contributed by atoms with Gasteiger partial charge in [0.25, 0.3) is 5.91 Å². The summed E-state index contributed by atoms with van der Waals surface area (Å²) in [5.74, 6) is 0.370. The number of amides is 1.